The first kappa shape index (κ1) is 15.2. The van der Waals surface area contributed by atoms with E-state index in [4.69, 9.17) is 0 Å². The third kappa shape index (κ3) is 5.22. The standard InChI is InChI=1S/C17H29N/c1-6-18-17(12-15(5)11-13(2)3)16-9-7-14(4)8-10-16/h7-10,13,15,17-18H,6,11-12H2,1-5H3. The van der Waals surface area contributed by atoms with Crippen molar-refractivity contribution in [3.63, 3.8) is 0 Å². The average molecular weight is 247 g/mol. The van der Waals surface area contributed by atoms with Gasteiger partial charge in [-0.2, -0.15) is 0 Å². The van der Waals surface area contributed by atoms with E-state index in [1.807, 2.05) is 0 Å². The normalized spacial score (nSPS) is 14.8. The molecule has 1 heteroatoms. The summed E-state index contributed by atoms with van der Waals surface area (Å²) in [7, 11) is 0. The van der Waals surface area contributed by atoms with Gasteiger partial charge >= 0.3 is 0 Å². The number of hydrogen-bond acceptors (Lipinski definition) is 1. The highest BCUT2D eigenvalue weighted by Gasteiger charge is 2.15. The van der Waals surface area contributed by atoms with Crippen LogP contribution in [0.25, 0.3) is 0 Å². The Kier molecular flexibility index (Phi) is 6.42. The van der Waals surface area contributed by atoms with E-state index in [0.717, 1.165) is 18.4 Å². The summed E-state index contributed by atoms with van der Waals surface area (Å²) in [6.45, 7) is 12.4. The summed E-state index contributed by atoms with van der Waals surface area (Å²) < 4.78 is 0. The van der Waals surface area contributed by atoms with Gasteiger partial charge in [0.15, 0.2) is 0 Å². The van der Waals surface area contributed by atoms with Gasteiger partial charge in [0.1, 0.15) is 0 Å². The average Bonchev–Trinajstić information content (AvgIpc) is 2.28. The molecule has 0 heterocycles. The molecule has 2 atom stereocenters. The molecule has 0 aliphatic rings. The molecule has 1 nitrogen and oxygen atoms in total. The van der Waals surface area contributed by atoms with E-state index in [1.165, 1.54) is 24.0 Å². The van der Waals surface area contributed by atoms with Crippen molar-refractivity contribution in [2.24, 2.45) is 11.8 Å². The second kappa shape index (κ2) is 7.58. The van der Waals surface area contributed by atoms with Gasteiger partial charge in [-0.05, 0) is 43.7 Å². The van der Waals surface area contributed by atoms with Gasteiger partial charge < -0.3 is 5.32 Å². The van der Waals surface area contributed by atoms with Crippen LogP contribution in [0.2, 0.25) is 0 Å². The Balaban J connectivity index is 2.67. The van der Waals surface area contributed by atoms with E-state index in [2.05, 4.69) is 64.2 Å². The molecular formula is C17H29N. The van der Waals surface area contributed by atoms with Gasteiger partial charge in [0.2, 0.25) is 0 Å². The maximum Gasteiger partial charge on any atom is 0.0322 e. The number of benzene rings is 1. The smallest absolute Gasteiger partial charge is 0.0322 e. The van der Waals surface area contributed by atoms with E-state index in [0.29, 0.717) is 6.04 Å². The van der Waals surface area contributed by atoms with Crippen molar-refractivity contribution in [2.75, 3.05) is 6.54 Å². The van der Waals surface area contributed by atoms with Crippen LogP contribution in [0.1, 0.15) is 57.7 Å². The highest BCUT2D eigenvalue weighted by Crippen LogP contribution is 2.25. The molecule has 0 aromatic heterocycles. The van der Waals surface area contributed by atoms with E-state index in [-0.39, 0.29) is 0 Å². The maximum absolute atomic E-state index is 3.62. The first-order chi connectivity index (χ1) is 8.52. The molecule has 0 saturated carbocycles. The minimum Gasteiger partial charge on any atom is -0.310 e. The van der Waals surface area contributed by atoms with Crippen LogP contribution in [0.3, 0.4) is 0 Å². The number of aryl methyl sites for hydroxylation is 1. The van der Waals surface area contributed by atoms with Crippen LogP contribution >= 0.6 is 0 Å². The summed E-state index contributed by atoms with van der Waals surface area (Å²) in [4.78, 5) is 0. The second-order valence-electron chi connectivity index (χ2n) is 5.99. The molecule has 102 valence electrons. The first-order valence-electron chi connectivity index (χ1n) is 7.32. The molecule has 1 N–H and O–H groups in total. The lowest BCUT2D eigenvalue weighted by atomic mass is 9.89. The number of nitrogens with one attached hydrogen (secondary N) is 1. The van der Waals surface area contributed by atoms with Gasteiger partial charge in [0.05, 0.1) is 0 Å². The van der Waals surface area contributed by atoms with Gasteiger partial charge in [0.25, 0.3) is 0 Å². The summed E-state index contributed by atoms with van der Waals surface area (Å²) in [6.07, 6.45) is 2.54. The van der Waals surface area contributed by atoms with Crippen molar-refractivity contribution in [2.45, 2.75) is 53.5 Å². The lowest BCUT2D eigenvalue weighted by Crippen LogP contribution is -2.23. The summed E-state index contributed by atoms with van der Waals surface area (Å²) in [5, 5.41) is 3.62. The molecule has 0 fully saturated rings. The van der Waals surface area contributed by atoms with Crippen molar-refractivity contribution in [3.8, 4) is 0 Å². The third-order valence-electron chi connectivity index (χ3n) is 3.44. The first-order valence-corrected chi connectivity index (χ1v) is 7.32. The zero-order valence-electron chi connectivity index (χ0n) is 12.7. The molecular weight excluding hydrogens is 218 g/mol. The van der Waals surface area contributed by atoms with Crippen LogP contribution in [0, 0.1) is 18.8 Å². The molecule has 0 radical (unpaired) electrons. The zero-order chi connectivity index (χ0) is 13.5. The van der Waals surface area contributed by atoms with Gasteiger partial charge in [-0.1, -0.05) is 57.5 Å². The molecule has 0 aliphatic carbocycles. The largest absolute Gasteiger partial charge is 0.310 e. The molecule has 1 aromatic rings. The molecule has 18 heavy (non-hydrogen) atoms. The predicted molar refractivity (Wildman–Crippen MR) is 80.8 cm³/mol. The van der Waals surface area contributed by atoms with Crippen LogP contribution in [0.15, 0.2) is 24.3 Å². The fourth-order valence-corrected chi connectivity index (χ4v) is 2.69. The molecule has 2 unspecified atom stereocenters. The molecule has 0 spiro atoms. The minimum atomic E-state index is 0.504. The highest BCUT2D eigenvalue weighted by molar-refractivity contribution is 5.24. The minimum absolute atomic E-state index is 0.504. The van der Waals surface area contributed by atoms with E-state index in [1.54, 1.807) is 0 Å². The Morgan fingerprint density at radius 3 is 2.11 bits per heavy atom. The van der Waals surface area contributed by atoms with Crippen LogP contribution in [0.5, 0.6) is 0 Å². The maximum atomic E-state index is 3.62. The lowest BCUT2D eigenvalue weighted by Gasteiger charge is -2.23. The fourth-order valence-electron chi connectivity index (χ4n) is 2.69. The van der Waals surface area contributed by atoms with Crippen molar-refractivity contribution < 1.29 is 0 Å². The van der Waals surface area contributed by atoms with Crippen molar-refractivity contribution >= 4 is 0 Å². The molecule has 1 aromatic carbocycles. The second-order valence-corrected chi connectivity index (χ2v) is 5.99. The summed E-state index contributed by atoms with van der Waals surface area (Å²) in [6, 6.07) is 9.47. The van der Waals surface area contributed by atoms with Crippen molar-refractivity contribution in [1.29, 1.82) is 0 Å². The third-order valence-corrected chi connectivity index (χ3v) is 3.44. The number of hydrogen-bond donors (Lipinski definition) is 1. The summed E-state index contributed by atoms with van der Waals surface area (Å²) in [5.41, 5.74) is 2.77. The predicted octanol–water partition coefficient (Wildman–Crippen LogP) is 4.72. The van der Waals surface area contributed by atoms with Gasteiger partial charge in [-0.3, -0.25) is 0 Å². The molecule has 0 aliphatic heterocycles. The van der Waals surface area contributed by atoms with Crippen LogP contribution in [-0.2, 0) is 0 Å². The van der Waals surface area contributed by atoms with Crippen LogP contribution < -0.4 is 5.32 Å². The van der Waals surface area contributed by atoms with Gasteiger partial charge in [0, 0.05) is 6.04 Å². The van der Waals surface area contributed by atoms with Crippen LogP contribution in [0.4, 0.5) is 0 Å². The zero-order valence-corrected chi connectivity index (χ0v) is 12.7. The number of rotatable bonds is 7. The van der Waals surface area contributed by atoms with Gasteiger partial charge in [-0.15, -0.1) is 0 Å². The molecule has 0 saturated heterocycles. The molecule has 1 rings (SSSR count). The topological polar surface area (TPSA) is 12.0 Å². The van der Waals surface area contributed by atoms with Gasteiger partial charge in [-0.25, -0.2) is 0 Å². The molecule has 0 bridgehead atoms. The SMILES string of the molecule is CCNC(CC(C)CC(C)C)c1ccc(C)cc1. The van der Waals surface area contributed by atoms with E-state index < -0.39 is 0 Å². The van der Waals surface area contributed by atoms with E-state index in [9.17, 15) is 0 Å². The van der Waals surface area contributed by atoms with Crippen molar-refractivity contribution in [1.82, 2.24) is 5.32 Å². The van der Waals surface area contributed by atoms with Crippen molar-refractivity contribution in [3.05, 3.63) is 35.4 Å². The van der Waals surface area contributed by atoms with Crippen LogP contribution in [-0.4, -0.2) is 6.54 Å². The quantitative estimate of drug-likeness (QED) is 0.735. The Labute approximate surface area is 113 Å². The summed E-state index contributed by atoms with van der Waals surface area (Å²) in [5.74, 6) is 1.57. The Morgan fingerprint density at radius 1 is 1.00 bits per heavy atom. The highest BCUT2D eigenvalue weighted by atomic mass is 14.9. The van der Waals surface area contributed by atoms with E-state index >= 15 is 0 Å². The summed E-state index contributed by atoms with van der Waals surface area (Å²) >= 11 is 0. The Morgan fingerprint density at radius 2 is 1.61 bits per heavy atom. The Hall–Kier alpha value is -0.820. The monoisotopic (exact) mass is 247 g/mol. The molecule has 0 amide bonds. The Bertz CT molecular complexity index is 326. The fraction of sp³-hybridized carbons (Fsp3) is 0.647. The lowest BCUT2D eigenvalue weighted by molar-refractivity contribution is 0.359.